The number of hydrogen-bond donors (Lipinski definition) is 1. The van der Waals surface area contributed by atoms with Crippen molar-refractivity contribution in [2.45, 2.75) is 46.6 Å². The largest absolute Gasteiger partial charge is 0.384 e. The normalized spacial score (nSPS) is 10.8. The zero-order valence-corrected chi connectivity index (χ0v) is 15.9. The molecule has 0 bridgehead atoms. The number of aryl methyl sites for hydroxylation is 1. The molecule has 0 aliphatic rings. The zero-order valence-electron chi connectivity index (χ0n) is 15.9. The SMILES string of the molecule is CCN(Cc1ccccc1)C(=O)CCNc1c(C)cccc1C(C)C. The van der Waals surface area contributed by atoms with E-state index in [1.165, 1.54) is 22.4 Å². The molecule has 0 aromatic heterocycles. The third-order valence-corrected chi connectivity index (χ3v) is 4.52. The molecule has 0 saturated heterocycles. The number of benzene rings is 2. The summed E-state index contributed by atoms with van der Waals surface area (Å²) < 4.78 is 0. The van der Waals surface area contributed by atoms with Crippen molar-refractivity contribution in [3.63, 3.8) is 0 Å². The van der Waals surface area contributed by atoms with Crippen LogP contribution in [-0.4, -0.2) is 23.9 Å². The summed E-state index contributed by atoms with van der Waals surface area (Å²) in [6, 6.07) is 16.5. The highest BCUT2D eigenvalue weighted by atomic mass is 16.2. The molecular formula is C22H30N2O. The Balaban J connectivity index is 1.93. The Kier molecular flexibility index (Phi) is 7.05. The van der Waals surface area contributed by atoms with Crippen LogP contribution in [0.3, 0.4) is 0 Å². The van der Waals surface area contributed by atoms with E-state index in [0.29, 0.717) is 25.4 Å². The number of anilines is 1. The lowest BCUT2D eigenvalue weighted by Crippen LogP contribution is -2.31. The quantitative estimate of drug-likeness (QED) is 0.737. The van der Waals surface area contributed by atoms with Gasteiger partial charge in [-0.2, -0.15) is 0 Å². The molecule has 2 aromatic carbocycles. The maximum Gasteiger partial charge on any atom is 0.224 e. The van der Waals surface area contributed by atoms with Crippen LogP contribution in [0, 0.1) is 6.92 Å². The lowest BCUT2D eigenvalue weighted by Gasteiger charge is -2.22. The van der Waals surface area contributed by atoms with Gasteiger partial charge in [-0.15, -0.1) is 0 Å². The van der Waals surface area contributed by atoms with Crippen LogP contribution in [0.1, 0.15) is 49.8 Å². The number of nitrogens with one attached hydrogen (secondary N) is 1. The standard InChI is InChI=1S/C22H30N2O/c1-5-24(16-19-11-7-6-8-12-19)21(25)14-15-23-22-18(4)10-9-13-20(22)17(2)3/h6-13,17,23H,5,14-16H2,1-4H3. The molecule has 2 aromatic rings. The van der Waals surface area contributed by atoms with E-state index in [4.69, 9.17) is 0 Å². The summed E-state index contributed by atoms with van der Waals surface area (Å²) in [7, 11) is 0. The number of rotatable bonds is 8. The van der Waals surface area contributed by atoms with Crippen LogP contribution in [0.4, 0.5) is 5.69 Å². The van der Waals surface area contributed by atoms with Crippen LogP contribution in [0.5, 0.6) is 0 Å². The third-order valence-electron chi connectivity index (χ3n) is 4.52. The molecule has 0 unspecified atom stereocenters. The Morgan fingerprint density at radius 2 is 1.80 bits per heavy atom. The van der Waals surface area contributed by atoms with Gasteiger partial charge in [-0.25, -0.2) is 0 Å². The van der Waals surface area contributed by atoms with Crippen molar-refractivity contribution in [1.29, 1.82) is 0 Å². The van der Waals surface area contributed by atoms with Crippen LogP contribution in [0.25, 0.3) is 0 Å². The Morgan fingerprint density at radius 1 is 1.08 bits per heavy atom. The van der Waals surface area contributed by atoms with Gasteiger partial charge in [-0.05, 0) is 36.5 Å². The average Bonchev–Trinajstić information content (AvgIpc) is 2.61. The van der Waals surface area contributed by atoms with Crippen LogP contribution in [0.15, 0.2) is 48.5 Å². The van der Waals surface area contributed by atoms with Gasteiger partial charge in [0, 0.05) is 31.7 Å². The van der Waals surface area contributed by atoms with E-state index in [2.05, 4.69) is 56.4 Å². The lowest BCUT2D eigenvalue weighted by atomic mass is 9.98. The summed E-state index contributed by atoms with van der Waals surface area (Å²) >= 11 is 0. The minimum atomic E-state index is 0.193. The first-order chi connectivity index (χ1) is 12.0. The van der Waals surface area contributed by atoms with E-state index >= 15 is 0 Å². The summed E-state index contributed by atoms with van der Waals surface area (Å²) in [6.45, 7) is 10.6. The second-order valence-corrected chi connectivity index (χ2v) is 6.76. The molecule has 1 N–H and O–H groups in total. The van der Waals surface area contributed by atoms with E-state index in [-0.39, 0.29) is 5.91 Å². The minimum absolute atomic E-state index is 0.193. The van der Waals surface area contributed by atoms with Gasteiger partial charge < -0.3 is 10.2 Å². The molecule has 0 radical (unpaired) electrons. The molecule has 0 heterocycles. The number of carbonyl (C=O) groups is 1. The molecule has 134 valence electrons. The lowest BCUT2D eigenvalue weighted by molar-refractivity contribution is -0.131. The highest BCUT2D eigenvalue weighted by Gasteiger charge is 2.13. The van der Waals surface area contributed by atoms with Crippen molar-refractivity contribution >= 4 is 11.6 Å². The Hall–Kier alpha value is -2.29. The van der Waals surface area contributed by atoms with Gasteiger partial charge in [0.1, 0.15) is 0 Å². The first-order valence-corrected chi connectivity index (χ1v) is 9.18. The second-order valence-electron chi connectivity index (χ2n) is 6.76. The summed E-state index contributed by atoms with van der Waals surface area (Å²) in [6.07, 6.45) is 0.506. The molecule has 0 aliphatic heterocycles. The van der Waals surface area contributed by atoms with Gasteiger partial charge in [0.25, 0.3) is 0 Å². The maximum absolute atomic E-state index is 12.6. The first kappa shape index (κ1) is 19.0. The Morgan fingerprint density at radius 3 is 2.44 bits per heavy atom. The molecule has 3 nitrogen and oxygen atoms in total. The van der Waals surface area contributed by atoms with Crippen LogP contribution in [0.2, 0.25) is 0 Å². The molecule has 0 saturated carbocycles. The molecule has 3 heteroatoms. The fraction of sp³-hybridized carbons (Fsp3) is 0.409. The number of nitrogens with zero attached hydrogens (tertiary/aromatic N) is 1. The molecule has 25 heavy (non-hydrogen) atoms. The van der Waals surface area contributed by atoms with Crippen molar-refractivity contribution in [3.8, 4) is 0 Å². The topological polar surface area (TPSA) is 32.3 Å². The third kappa shape index (κ3) is 5.35. The van der Waals surface area contributed by atoms with Crippen molar-refractivity contribution in [2.75, 3.05) is 18.4 Å². The monoisotopic (exact) mass is 338 g/mol. The van der Waals surface area contributed by atoms with Gasteiger partial charge >= 0.3 is 0 Å². The van der Waals surface area contributed by atoms with Gasteiger partial charge in [-0.1, -0.05) is 62.4 Å². The van der Waals surface area contributed by atoms with Crippen molar-refractivity contribution in [3.05, 3.63) is 65.2 Å². The van der Waals surface area contributed by atoms with Crippen molar-refractivity contribution in [2.24, 2.45) is 0 Å². The molecule has 0 aliphatic carbocycles. The molecule has 0 atom stereocenters. The fourth-order valence-corrected chi connectivity index (χ4v) is 3.05. The number of hydrogen-bond acceptors (Lipinski definition) is 2. The predicted molar refractivity (Wildman–Crippen MR) is 106 cm³/mol. The van der Waals surface area contributed by atoms with E-state index in [1.807, 2.05) is 30.0 Å². The van der Waals surface area contributed by atoms with E-state index in [1.54, 1.807) is 0 Å². The fourth-order valence-electron chi connectivity index (χ4n) is 3.05. The van der Waals surface area contributed by atoms with Crippen LogP contribution >= 0.6 is 0 Å². The van der Waals surface area contributed by atoms with Crippen molar-refractivity contribution in [1.82, 2.24) is 4.90 Å². The van der Waals surface area contributed by atoms with Gasteiger partial charge in [0.2, 0.25) is 5.91 Å². The highest BCUT2D eigenvalue weighted by molar-refractivity contribution is 5.77. The zero-order chi connectivity index (χ0) is 18.2. The Bertz CT molecular complexity index is 680. The smallest absolute Gasteiger partial charge is 0.224 e. The van der Waals surface area contributed by atoms with Crippen LogP contribution < -0.4 is 5.32 Å². The predicted octanol–water partition coefficient (Wildman–Crippen LogP) is 4.97. The van der Waals surface area contributed by atoms with E-state index in [0.717, 1.165) is 6.54 Å². The maximum atomic E-state index is 12.6. The number of carbonyl (C=O) groups excluding carboxylic acids is 1. The molecule has 2 rings (SSSR count). The molecular weight excluding hydrogens is 308 g/mol. The average molecular weight is 338 g/mol. The summed E-state index contributed by atoms with van der Waals surface area (Å²) in [5.74, 6) is 0.654. The van der Waals surface area contributed by atoms with Gasteiger partial charge in [0.15, 0.2) is 0 Å². The minimum Gasteiger partial charge on any atom is -0.384 e. The van der Waals surface area contributed by atoms with Crippen LogP contribution in [-0.2, 0) is 11.3 Å². The highest BCUT2D eigenvalue weighted by Crippen LogP contribution is 2.27. The van der Waals surface area contributed by atoms with Crippen molar-refractivity contribution < 1.29 is 4.79 Å². The summed E-state index contributed by atoms with van der Waals surface area (Å²) in [4.78, 5) is 14.5. The second kappa shape index (κ2) is 9.26. The summed E-state index contributed by atoms with van der Waals surface area (Å²) in [5.41, 5.74) is 4.89. The van der Waals surface area contributed by atoms with Gasteiger partial charge in [-0.3, -0.25) is 4.79 Å². The Labute approximate surface area is 152 Å². The summed E-state index contributed by atoms with van der Waals surface area (Å²) in [5, 5.41) is 3.49. The number of para-hydroxylation sites is 1. The molecule has 0 spiro atoms. The molecule has 0 fully saturated rings. The van der Waals surface area contributed by atoms with E-state index < -0.39 is 0 Å². The number of amides is 1. The first-order valence-electron chi connectivity index (χ1n) is 9.18. The van der Waals surface area contributed by atoms with E-state index in [9.17, 15) is 4.79 Å². The van der Waals surface area contributed by atoms with Gasteiger partial charge in [0.05, 0.1) is 0 Å². The molecule has 1 amide bonds.